The van der Waals surface area contributed by atoms with Gasteiger partial charge in [-0.3, -0.25) is 9.52 Å². The molecule has 0 radical (unpaired) electrons. The number of rotatable bonds is 7. The molecule has 3 aromatic rings. The summed E-state index contributed by atoms with van der Waals surface area (Å²) in [6, 6.07) is 20.1. The van der Waals surface area contributed by atoms with Crippen LogP contribution >= 0.6 is 0 Å². The van der Waals surface area contributed by atoms with Gasteiger partial charge >= 0.3 is 0 Å². The van der Waals surface area contributed by atoms with E-state index >= 15 is 0 Å². The van der Waals surface area contributed by atoms with Crippen LogP contribution in [-0.2, 0) is 10.0 Å². The number of ether oxygens (including phenoxy) is 1. The van der Waals surface area contributed by atoms with Crippen molar-refractivity contribution >= 4 is 21.6 Å². The van der Waals surface area contributed by atoms with Crippen LogP contribution in [0, 0.1) is 6.92 Å². The van der Waals surface area contributed by atoms with E-state index in [1.54, 1.807) is 55.6 Å². The molecule has 0 aliphatic carbocycles. The van der Waals surface area contributed by atoms with Gasteiger partial charge in [0.05, 0.1) is 18.0 Å². The van der Waals surface area contributed by atoms with Crippen molar-refractivity contribution in [2.75, 3.05) is 11.8 Å². The summed E-state index contributed by atoms with van der Waals surface area (Å²) in [5.74, 6) is 0.438. The topological polar surface area (TPSA) is 84.5 Å². The molecule has 1 amide bonds. The van der Waals surface area contributed by atoms with Crippen LogP contribution in [0.4, 0.5) is 5.69 Å². The predicted molar refractivity (Wildman–Crippen MR) is 117 cm³/mol. The Kier molecular flexibility index (Phi) is 6.42. The zero-order valence-corrected chi connectivity index (χ0v) is 17.9. The number of aryl methyl sites for hydroxylation is 1. The molecule has 0 aliphatic heterocycles. The summed E-state index contributed by atoms with van der Waals surface area (Å²) in [7, 11) is -2.10. The summed E-state index contributed by atoms with van der Waals surface area (Å²) in [5, 5.41) is 2.93. The van der Waals surface area contributed by atoms with Crippen LogP contribution in [0.1, 0.15) is 34.5 Å². The van der Waals surface area contributed by atoms with Crippen LogP contribution in [0.25, 0.3) is 0 Å². The number of hydrogen-bond acceptors (Lipinski definition) is 4. The van der Waals surface area contributed by atoms with Gasteiger partial charge < -0.3 is 10.1 Å². The van der Waals surface area contributed by atoms with Crippen molar-refractivity contribution in [3.63, 3.8) is 0 Å². The van der Waals surface area contributed by atoms with Crippen molar-refractivity contribution in [1.29, 1.82) is 0 Å². The molecule has 0 saturated carbocycles. The SMILES string of the molecule is COc1ccccc1C(C)NC(=O)c1ccc(NS(=O)(=O)c2ccc(C)cc2)cc1. The van der Waals surface area contributed by atoms with Gasteiger partial charge in [-0.2, -0.15) is 0 Å². The summed E-state index contributed by atoms with van der Waals surface area (Å²) in [5.41, 5.74) is 2.66. The van der Waals surface area contributed by atoms with Crippen LogP contribution in [0.2, 0.25) is 0 Å². The summed E-state index contributed by atoms with van der Waals surface area (Å²) < 4.78 is 32.9. The van der Waals surface area contributed by atoms with Gasteiger partial charge in [-0.05, 0) is 56.3 Å². The molecule has 3 aromatic carbocycles. The molecule has 0 aliphatic rings. The highest BCUT2D eigenvalue weighted by atomic mass is 32.2. The van der Waals surface area contributed by atoms with E-state index in [-0.39, 0.29) is 16.8 Å². The molecule has 1 atom stereocenters. The minimum absolute atomic E-state index is 0.181. The van der Waals surface area contributed by atoms with Gasteiger partial charge in [0.15, 0.2) is 0 Å². The van der Waals surface area contributed by atoms with Crippen LogP contribution in [0.15, 0.2) is 77.7 Å². The van der Waals surface area contributed by atoms with E-state index in [9.17, 15) is 13.2 Å². The lowest BCUT2D eigenvalue weighted by Gasteiger charge is -2.17. The molecule has 156 valence electrons. The normalized spacial score (nSPS) is 12.1. The highest BCUT2D eigenvalue weighted by molar-refractivity contribution is 7.92. The quantitative estimate of drug-likeness (QED) is 0.592. The van der Waals surface area contributed by atoms with Gasteiger partial charge in [-0.25, -0.2) is 8.42 Å². The molecule has 1 unspecified atom stereocenters. The highest BCUT2D eigenvalue weighted by Crippen LogP contribution is 2.25. The standard InChI is InChI=1S/C23H24N2O4S/c1-16-8-14-20(15-9-16)30(27,28)25-19-12-10-18(11-13-19)23(26)24-17(2)21-6-4-5-7-22(21)29-3/h4-15,17,25H,1-3H3,(H,24,26). The van der Waals surface area contributed by atoms with E-state index in [0.717, 1.165) is 11.1 Å². The Morgan fingerprint density at radius 3 is 2.20 bits per heavy atom. The monoisotopic (exact) mass is 424 g/mol. The van der Waals surface area contributed by atoms with Crippen LogP contribution in [0.3, 0.4) is 0 Å². The summed E-state index contributed by atoms with van der Waals surface area (Å²) in [6.45, 7) is 3.77. The van der Waals surface area contributed by atoms with Crippen LogP contribution < -0.4 is 14.8 Å². The van der Waals surface area contributed by atoms with Gasteiger partial charge in [0.1, 0.15) is 5.75 Å². The molecule has 0 fully saturated rings. The van der Waals surface area contributed by atoms with E-state index in [0.29, 0.717) is 17.0 Å². The van der Waals surface area contributed by atoms with Crippen molar-refractivity contribution in [2.45, 2.75) is 24.8 Å². The van der Waals surface area contributed by atoms with Crippen molar-refractivity contribution in [1.82, 2.24) is 5.32 Å². The number of benzene rings is 3. The van der Waals surface area contributed by atoms with Crippen molar-refractivity contribution in [2.24, 2.45) is 0 Å². The Labute approximate surface area is 177 Å². The van der Waals surface area contributed by atoms with Gasteiger partial charge in [-0.15, -0.1) is 0 Å². The fourth-order valence-corrected chi connectivity index (χ4v) is 4.06. The number of para-hydroxylation sites is 1. The lowest BCUT2D eigenvalue weighted by Crippen LogP contribution is -2.26. The molecule has 0 heterocycles. The molecular weight excluding hydrogens is 400 g/mol. The molecule has 0 bridgehead atoms. The molecule has 6 nitrogen and oxygen atoms in total. The number of carbonyl (C=O) groups excluding carboxylic acids is 1. The smallest absolute Gasteiger partial charge is 0.261 e. The predicted octanol–water partition coefficient (Wildman–Crippen LogP) is 4.30. The second kappa shape index (κ2) is 9.00. The number of hydrogen-bond donors (Lipinski definition) is 2. The summed E-state index contributed by atoms with van der Waals surface area (Å²) in [6.07, 6.45) is 0. The Balaban J connectivity index is 1.69. The third kappa shape index (κ3) is 4.99. The van der Waals surface area contributed by atoms with Crippen LogP contribution in [0.5, 0.6) is 5.75 Å². The molecule has 30 heavy (non-hydrogen) atoms. The lowest BCUT2D eigenvalue weighted by molar-refractivity contribution is 0.0939. The van der Waals surface area contributed by atoms with Gasteiger partial charge in [0, 0.05) is 16.8 Å². The number of methoxy groups -OCH3 is 1. The Bertz CT molecular complexity index is 1120. The summed E-state index contributed by atoms with van der Waals surface area (Å²) >= 11 is 0. The third-order valence-corrected chi connectivity index (χ3v) is 6.08. The minimum atomic E-state index is -3.69. The number of carbonyl (C=O) groups is 1. The van der Waals surface area contributed by atoms with Gasteiger partial charge in [0.2, 0.25) is 0 Å². The lowest BCUT2D eigenvalue weighted by atomic mass is 10.1. The van der Waals surface area contributed by atoms with Gasteiger partial charge in [0.25, 0.3) is 15.9 Å². The van der Waals surface area contributed by atoms with Crippen molar-refractivity contribution in [3.05, 3.63) is 89.5 Å². The van der Waals surface area contributed by atoms with Gasteiger partial charge in [-0.1, -0.05) is 35.9 Å². The molecule has 0 saturated heterocycles. The maximum atomic E-state index is 12.6. The maximum absolute atomic E-state index is 12.6. The first kappa shape index (κ1) is 21.4. The number of amides is 1. The van der Waals surface area contributed by atoms with Crippen molar-refractivity contribution in [3.8, 4) is 5.75 Å². The van der Waals surface area contributed by atoms with Crippen LogP contribution in [-0.4, -0.2) is 21.4 Å². The largest absolute Gasteiger partial charge is 0.496 e. The Hall–Kier alpha value is -3.32. The molecule has 2 N–H and O–H groups in total. The van der Waals surface area contributed by atoms with E-state index in [2.05, 4.69) is 10.0 Å². The average Bonchev–Trinajstić information content (AvgIpc) is 2.74. The van der Waals surface area contributed by atoms with E-state index in [1.807, 2.05) is 38.1 Å². The fraction of sp³-hybridized carbons (Fsp3) is 0.174. The Morgan fingerprint density at radius 2 is 1.57 bits per heavy atom. The molecule has 0 spiro atoms. The molecule has 7 heteroatoms. The summed E-state index contributed by atoms with van der Waals surface area (Å²) in [4.78, 5) is 12.8. The molecule has 0 aromatic heterocycles. The maximum Gasteiger partial charge on any atom is 0.261 e. The van der Waals surface area contributed by atoms with E-state index in [4.69, 9.17) is 4.74 Å². The number of nitrogens with one attached hydrogen (secondary N) is 2. The first-order chi connectivity index (χ1) is 14.3. The molecule has 3 rings (SSSR count). The third-order valence-electron chi connectivity index (χ3n) is 4.68. The first-order valence-electron chi connectivity index (χ1n) is 9.43. The second-order valence-electron chi connectivity index (χ2n) is 6.93. The fourth-order valence-electron chi connectivity index (χ4n) is 3.00. The van der Waals surface area contributed by atoms with Crippen molar-refractivity contribution < 1.29 is 17.9 Å². The number of anilines is 1. The minimum Gasteiger partial charge on any atom is -0.496 e. The second-order valence-corrected chi connectivity index (χ2v) is 8.62. The Morgan fingerprint density at radius 1 is 0.933 bits per heavy atom. The highest BCUT2D eigenvalue weighted by Gasteiger charge is 2.16. The average molecular weight is 425 g/mol. The molecular formula is C23H24N2O4S. The zero-order valence-electron chi connectivity index (χ0n) is 17.0. The van der Waals surface area contributed by atoms with E-state index < -0.39 is 10.0 Å². The van der Waals surface area contributed by atoms with E-state index in [1.165, 1.54) is 0 Å². The number of sulfonamides is 1. The first-order valence-corrected chi connectivity index (χ1v) is 10.9. The zero-order chi connectivity index (χ0) is 21.7.